The van der Waals surface area contributed by atoms with Crippen LogP contribution in [0.2, 0.25) is 0 Å². The number of hydrogen-bond donors (Lipinski definition) is 2. The van der Waals surface area contributed by atoms with Crippen molar-refractivity contribution in [1.29, 1.82) is 0 Å². The van der Waals surface area contributed by atoms with Gasteiger partial charge in [0.25, 0.3) is 0 Å². The van der Waals surface area contributed by atoms with Gasteiger partial charge in [0.15, 0.2) is 11.5 Å². The van der Waals surface area contributed by atoms with Crippen LogP contribution in [0.25, 0.3) is 0 Å². The van der Waals surface area contributed by atoms with Gasteiger partial charge in [-0.15, -0.1) is 5.10 Å². The van der Waals surface area contributed by atoms with Crippen molar-refractivity contribution in [2.45, 2.75) is 19.5 Å². The van der Waals surface area contributed by atoms with Crippen LogP contribution in [0.1, 0.15) is 11.3 Å². The van der Waals surface area contributed by atoms with E-state index in [0.29, 0.717) is 17.2 Å². The number of ether oxygens (including phenoxy) is 2. The summed E-state index contributed by atoms with van der Waals surface area (Å²) in [5.74, 6) is 0.112. The van der Waals surface area contributed by atoms with Crippen LogP contribution in [0, 0.1) is 0 Å². The first-order valence-corrected chi connectivity index (χ1v) is 6.86. The predicted molar refractivity (Wildman–Crippen MR) is 75.8 cm³/mol. The van der Waals surface area contributed by atoms with Gasteiger partial charge in [-0.3, -0.25) is 9.59 Å². The van der Waals surface area contributed by atoms with Gasteiger partial charge in [-0.1, -0.05) is 11.3 Å². The minimum Gasteiger partial charge on any atom is -0.480 e. The molecular formula is C14H14N4O5. The van der Waals surface area contributed by atoms with Crippen molar-refractivity contribution < 1.29 is 24.2 Å². The third-order valence-corrected chi connectivity index (χ3v) is 3.15. The number of nitrogens with one attached hydrogen (secondary N) is 1. The van der Waals surface area contributed by atoms with Crippen molar-refractivity contribution in [3.63, 3.8) is 0 Å². The zero-order valence-electron chi connectivity index (χ0n) is 12.1. The van der Waals surface area contributed by atoms with Crippen molar-refractivity contribution in [3.8, 4) is 11.5 Å². The quantitative estimate of drug-likeness (QED) is 0.767. The molecule has 1 aromatic carbocycles. The Bertz CT molecular complexity index is 743. The number of carbonyl (C=O) groups is 2. The second kappa shape index (κ2) is 6.34. The third-order valence-electron chi connectivity index (χ3n) is 3.15. The maximum absolute atomic E-state index is 11.9. The molecule has 1 amide bonds. The van der Waals surface area contributed by atoms with Crippen molar-refractivity contribution in [2.75, 3.05) is 6.79 Å². The van der Waals surface area contributed by atoms with Crippen LogP contribution in [0.3, 0.4) is 0 Å². The lowest BCUT2D eigenvalue weighted by Crippen LogP contribution is -2.24. The zero-order chi connectivity index (χ0) is 16.2. The molecule has 3 rings (SSSR count). The minimum absolute atomic E-state index is 0.184. The van der Waals surface area contributed by atoms with Gasteiger partial charge < -0.3 is 19.9 Å². The van der Waals surface area contributed by atoms with E-state index in [4.69, 9.17) is 14.6 Å². The Balaban J connectivity index is 1.51. The molecule has 2 aromatic rings. The first-order chi connectivity index (χ1) is 11.1. The van der Waals surface area contributed by atoms with Gasteiger partial charge >= 0.3 is 5.97 Å². The normalized spacial score (nSPS) is 12.2. The summed E-state index contributed by atoms with van der Waals surface area (Å²) in [6, 6.07) is 5.34. The van der Waals surface area contributed by atoms with Gasteiger partial charge in [0.1, 0.15) is 12.2 Å². The number of carboxylic acid groups (broad SMARTS) is 1. The van der Waals surface area contributed by atoms with Gasteiger partial charge in [-0.05, 0) is 17.7 Å². The highest BCUT2D eigenvalue weighted by atomic mass is 16.7. The topological polar surface area (TPSA) is 116 Å². The fourth-order valence-electron chi connectivity index (χ4n) is 2.12. The number of hydrogen-bond acceptors (Lipinski definition) is 6. The highest BCUT2D eigenvalue weighted by Gasteiger charge is 2.14. The molecule has 1 aliphatic heterocycles. The molecule has 0 bridgehead atoms. The lowest BCUT2D eigenvalue weighted by Gasteiger charge is -2.04. The van der Waals surface area contributed by atoms with Crippen LogP contribution >= 0.6 is 0 Å². The molecule has 0 unspecified atom stereocenters. The van der Waals surface area contributed by atoms with E-state index in [-0.39, 0.29) is 32.2 Å². The Morgan fingerprint density at radius 3 is 2.96 bits per heavy atom. The predicted octanol–water partition coefficient (Wildman–Crippen LogP) is -0.0497. The van der Waals surface area contributed by atoms with Gasteiger partial charge in [0, 0.05) is 0 Å². The molecule has 9 nitrogen and oxygen atoms in total. The average molecular weight is 318 g/mol. The largest absolute Gasteiger partial charge is 0.480 e. The number of amides is 1. The highest BCUT2D eigenvalue weighted by Crippen LogP contribution is 2.32. The molecular weight excluding hydrogens is 304 g/mol. The van der Waals surface area contributed by atoms with Gasteiger partial charge in [0.05, 0.1) is 19.2 Å². The van der Waals surface area contributed by atoms with Gasteiger partial charge in [-0.25, -0.2) is 4.68 Å². The fraction of sp³-hybridized carbons (Fsp3) is 0.286. The molecule has 0 atom stereocenters. The smallest absolute Gasteiger partial charge is 0.325 e. The van der Waals surface area contributed by atoms with Crippen molar-refractivity contribution in [3.05, 3.63) is 35.7 Å². The van der Waals surface area contributed by atoms with Crippen LogP contribution in [0.5, 0.6) is 11.5 Å². The Kier molecular flexibility index (Phi) is 4.09. The van der Waals surface area contributed by atoms with E-state index in [9.17, 15) is 9.59 Å². The molecule has 1 aromatic heterocycles. The Labute approximate surface area is 130 Å². The monoisotopic (exact) mass is 318 g/mol. The molecule has 9 heteroatoms. The molecule has 0 saturated carbocycles. The van der Waals surface area contributed by atoms with Crippen molar-refractivity contribution in [2.24, 2.45) is 0 Å². The van der Waals surface area contributed by atoms with Crippen LogP contribution in [0.4, 0.5) is 0 Å². The van der Waals surface area contributed by atoms with E-state index >= 15 is 0 Å². The van der Waals surface area contributed by atoms with Crippen LogP contribution in [-0.4, -0.2) is 38.8 Å². The Morgan fingerprint density at radius 2 is 2.13 bits per heavy atom. The number of carbonyl (C=O) groups excluding carboxylic acids is 1. The van der Waals surface area contributed by atoms with E-state index in [2.05, 4.69) is 15.6 Å². The first kappa shape index (κ1) is 14.8. The van der Waals surface area contributed by atoms with Crippen LogP contribution < -0.4 is 14.8 Å². The van der Waals surface area contributed by atoms with Gasteiger partial charge in [0.2, 0.25) is 12.7 Å². The van der Waals surface area contributed by atoms with Crippen LogP contribution in [0.15, 0.2) is 24.4 Å². The molecule has 0 radical (unpaired) electrons. The summed E-state index contributed by atoms with van der Waals surface area (Å²) in [5, 5.41) is 18.8. The molecule has 23 heavy (non-hydrogen) atoms. The summed E-state index contributed by atoms with van der Waals surface area (Å²) in [6.45, 7) is 0.109. The second-order valence-electron chi connectivity index (χ2n) is 4.94. The molecule has 120 valence electrons. The van der Waals surface area contributed by atoms with Crippen LogP contribution in [-0.2, 0) is 29.1 Å². The molecule has 0 aliphatic carbocycles. The van der Waals surface area contributed by atoms with Gasteiger partial charge in [-0.2, -0.15) is 0 Å². The SMILES string of the molecule is O=C(O)Cn1cc(CNC(=O)Cc2ccc3c(c2)OCO3)nn1. The summed E-state index contributed by atoms with van der Waals surface area (Å²) in [6.07, 6.45) is 1.68. The number of nitrogens with zero attached hydrogens (tertiary/aromatic N) is 3. The highest BCUT2D eigenvalue weighted by molar-refractivity contribution is 5.78. The Morgan fingerprint density at radius 1 is 1.30 bits per heavy atom. The van der Waals surface area contributed by atoms with E-state index < -0.39 is 5.97 Å². The summed E-state index contributed by atoms with van der Waals surface area (Å²) >= 11 is 0. The third kappa shape index (κ3) is 3.76. The summed E-state index contributed by atoms with van der Waals surface area (Å²) in [5.41, 5.74) is 1.30. The molecule has 0 spiro atoms. The zero-order valence-corrected chi connectivity index (χ0v) is 12.1. The van der Waals surface area contributed by atoms with E-state index in [0.717, 1.165) is 5.56 Å². The Hall–Kier alpha value is -3.10. The number of fused-ring (bicyclic) bond motifs is 1. The summed E-state index contributed by atoms with van der Waals surface area (Å²) < 4.78 is 11.7. The second-order valence-corrected chi connectivity index (χ2v) is 4.94. The molecule has 0 saturated heterocycles. The number of rotatable bonds is 6. The first-order valence-electron chi connectivity index (χ1n) is 6.86. The lowest BCUT2D eigenvalue weighted by molar-refractivity contribution is -0.138. The molecule has 1 aliphatic rings. The number of benzene rings is 1. The fourth-order valence-corrected chi connectivity index (χ4v) is 2.12. The average Bonchev–Trinajstić information content (AvgIpc) is 3.13. The standard InChI is InChI=1S/C14H14N4O5/c19-13(4-9-1-2-11-12(3-9)23-8-22-11)15-5-10-6-18(17-16-10)7-14(20)21/h1-3,6H,4-5,7-8H2,(H,15,19)(H,20,21). The maximum Gasteiger partial charge on any atom is 0.325 e. The van der Waals surface area contributed by atoms with Crippen molar-refractivity contribution >= 4 is 11.9 Å². The summed E-state index contributed by atoms with van der Waals surface area (Å²) in [4.78, 5) is 22.5. The van der Waals surface area contributed by atoms with E-state index in [1.165, 1.54) is 10.9 Å². The minimum atomic E-state index is -1.01. The molecule has 2 heterocycles. The maximum atomic E-state index is 11.9. The molecule has 0 fully saturated rings. The number of carboxylic acids is 1. The van der Waals surface area contributed by atoms with Crippen molar-refractivity contribution in [1.82, 2.24) is 20.3 Å². The summed E-state index contributed by atoms with van der Waals surface area (Å²) in [7, 11) is 0. The number of aromatic nitrogens is 3. The van der Waals surface area contributed by atoms with E-state index in [1.807, 2.05) is 0 Å². The molecule has 2 N–H and O–H groups in total. The van der Waals surface area contributed by atoms with E-state index in [1.54, 1.807) is 18.2 Å². The lowest BCUT2D eigenvalue weighted by atomic mass is 10.1. The number of aliphatic carboxylic acids is 1.